The molecule has 2 aliphatic rings. The Labute approximate surface area is 187 Å². The van der Waals surface area contributed by atoms with Crippen LogP contribution in [0.4, 0.5) is 0 Å². The van der Waals surface area contributed by atoms with Crippen molar-refractivity contribution in [3.8, 4) is 11.5 Å². The van der Waals surface area contributed by atoms with Crippen molar-refractivity contribution >= 4 is 17.4 Å². The lowest BCUT2D eigenvalue weighted by molar-refractivity contribution is -0.140. The smallest absolute Gasteiger partial charge is 0.295 e. The number of methoxy groups -OCH3 is 2. The van der Waals surface area contributed by atoms with Gasteiger partial charge in [-0.25, -0.2) is 0 Å². The number of ether oxygens (including phenoxy) is 3. The molecule has 2 aromatic carbocycles. The Kier molecular flexibility index (Phi) is 6.19. The zero-order valence-corrected chi connectivity index (χ0v) is 18.5. The number of likely N-dealkylation sites (tertiary alicyclic amines) is 1. The molecular formula is C25H27NO6. The Hall–Kier alpha value is -3.32. The van der Waals surface area contributed by atoms with E-state index in [-0.39, 0.29) is 17.4 Å². The van der Waals surface area contributed by atoms with Crippen molar-refractivity contribution in [3.05, 3.63) is 64.7 Å². The second-order valence-electron chi connectivity index (χ2n) is 8.04. The highest BCUT2D eigenvalue weighted by Gasteiger charge is 2.47. The number of aryl methyl sites for hydroxylation is 1. The van der Waals surface area contributed by atoms with E-state index in [2.05, 4.69) is 0 Å². The summed E-state index contributed by atoms with van der Waals surface area (Å²) in [5.74, 6) is -0.199. The average molecular weight is 437 g/mol. The summed E-state index contributed by atoms with van der Waals surface area (Å²) in [6, 6.07) is 11.6. The zero-order valence-electron chi connectivity index (χ0n) is 18.5. The third-order valence-corrected chi connectivity index (χ3v) is 6.06. The molecule has 7 nitrogen and oxygen atoms in total. The van der Waals surface area contributed by atoms with Gasteiger partial charge in [0.2, 0.25) is 0 Å². The van der Waals surface area contributed by atoms with E-state index in [9.17, 15) is 14.7 Å². The van der Waals surface area contributed by atoms with E-state index < -0.39 is 17.7 Å². The molecule has 0 aliphatic carbocycles. The van der Waals surface area contributed by atoms with E-state index in [1.165, 1.54) is 4.90 Å². The maximum absolute atomic E-state index is 13.1. The topological polar surface area (TPSA) is 85.3 Å². The Morgan fingerprint density at radius 2 is 1.88 bits per heavy atom. The first kappa shape index (κ1) is 21.9. The third-order valence-electron chi connectivity index (χ3n) is 6.06. The minimum absolute atomic E-state index is 0.0720. The Bertz CT molecular complexity index is 1050. The monoisotopic (exact) mass is 437 g/mol. The zero-order chi connectivity index (χ0) is 22.8. The molecule has 2 saturated heterocycles. The molecule has 168 valence electrons. The molecule has 0 saturated carbocycles. The number of Topliss-reactive ketones (excluding diaryl/α,β-unsaturated/α-hetero) is 1. The summed E-state index contributed by atoms with van der Waals surface area (Å²) in [6.45, 7) is 2.79. The molecular weight excluding hydrogens is 410 g/mol. The number of nitrogens with zero attached hydrogens (tertiary/aromatic N) is 1. The number of aliphatic hydroxyl groups excluding tert-OH is 1. The normalized spacial score (nSPS) is 22.4. The summed E-state index contributed by atoms with van der Waals surface area (Å²) in [5, 5.41) is 11.2. The maximum Gasteiger partial charge on any atom is 0.295 e. The molecule has 0 aromatic heterocycles. The number of amides is 1. The van der Waals surface area contributed by atoms with E-state index in [0.29, 0.717) is 30.2 Å². The van der Waals surface area contributed by atoms with Crippen molar-refractivity contribution in [2.75, 3.05) is 27.4 Å². The van der Waals surface area contributed by atoms with Crippen LogP contribution in [0.15, 0.2) is 48.0 Å². The van der Waals surface area contributed by atoms with Crippen molar-refractivity contribution in [1.82, 2.24) is 4.90 Å². The molecule has 1 N–H and O–H groups in total. The van der Waals surface area contributed by atoms with Crippen LogP contribution in [0.5, 0.6) is 11.5 Å². The lowest BCUT2D eigenvalue weighted by atomic mass is 9.94. The number of carbonyl (C=O) groups is 2. The van der Waals surface area contributed by atoms with Crippen molar-refractivity contribution < 1.29 is 28.9 Å². The van der Waals surface area contributed by atoms with Crippen LogP contribution in [0.25, 0.3) is 5.76 Å². The first-order valence-electron chi connectivity index (χ1n) is 10.6. The fourth-order valence-electron chi connectivity index (χ4n) is 4.39. The van der Waals surface area contributed by atoms with Gasteiger partial charge >= 0.3 is 0 Å². The van der Waals surface area contributed by atoms with Gasteiger partial charge in [0.25, 0.3) is 11.7 Å². The average Bonchev–Trinajstić information content (AvgIpc) is 3.41. The standard InChI is InChI=1S/C25H27NO6/c1-15-13-17(8-11-20(15)31-3)23(27)21-22(16-6-9-18(30-2)10-7-16)26(25(29)24(21)28)14-19-5-4-12-32-19/h6-11,13,19,22,27H,4-5,12,14H2,1-3H3/b23-21-. The molecule has 32 heavy (non-hydrogen) atoms. The fourth-order valence-corrected chi connectivity index (χ4v) is 4.39. The van der Waals surface area contributed by atoms with Crippen LogP contribution in [0.1, 0.15) is 35.6 Å². The number of rotatable bonds is 6. The van der Waals surface area contributed by atoms with Crippen LogP contribution in [-0.2, 0) is 14.3 Å². The fraction of sp³-hybridized carbons (Fsp3) is 0.360. The van der Waals surface area contributed by atoms with Crippen LogP contribution in [-0.4, -0.2) is 55.2 Å². The molecule has 2 heterocycles. The minimum Gasteiger partial charge on any atom is -0.507 e. The number of hydrogen-bond acceptors (Lipinski definition) is 6. The van der Waals surface area contributed by atoms with Crippen LogP contribution >= 0.6 is 0 Å². The summed E-state index contributed by atoms with van der Waals surface area (Å²) >= 11 is 0. The maximum atomic E-state index is 13.1. The molecule has 0 spiro atoms. The molecule has 2 fully saturated rings. The molecule has 1 amide bonds. The molecule has 4 rings (SSSR count). The minimum atomic E-state index is -0.715. The Morgan fingerprint density at radius 3 is 2.47 bits per heavy atom. The highest BCUT2D eigenvalue weighted by molar-refractivity contribution is 6.46. The van der Waals surface area contributed by atoms with Crippen molar-refractivity contribution in [2.45, 2.75) is 31.9 Å². The predicted molar refractivity (Wildman–Crippen MR) is 119 cm³/mol. The first-order chi connectivity index (χ1) is 15.4. The second-order valence-corrected chi connectivity index (χ2v) is 8.04. The van der Waals surface area contributed by atoms with Gasteiger partial charge in [0, 0.05) is 18.7 Å². The quantitative estimate of drug-likeness (QED) is 0.422. The van der Waals surface area contributed by atoms with E-state index in [1.54, 1.807) is 44.6 Å². The van der Waals surface area contributed by atoms with E-state index >= 15 is 0 Å². The molecule has 2 atom stereocenters. The predicted octanol–water partition coefficient (Wildman–Crippen LogP) is 3.61. The van der Waals surface area contributed by atoms with Crippen LogP contribution < -0.4 is 9.47 Å². The number of benzene rings is 2. The van der Waals surface area contributed by atoms with Gasteiger partial charge in [-0.2, -0.15) is 0 Å². The molecule has 2 aromatic rings. The lowest BCUT2D eigenvalue weighted by Crippen LogP contribution is -2.36. The molecule has 7 heteroatoms. The first-order valence-corrected chi connectivity index (χ1v) is 10.6. The van der Waals surface area contributed by atoms with Gasteiger partial charge in [0.1, 0.15) is 17.3 Å². The molecule has 2 aliphatic heterocycles. The molecule has 2 unspecified atom stereocenters. The summed E-state index contributed by atoms with van der Waals surface area (Å²) < 4.78 is 16.3. The van der Waals surface area contributed by atoms with E-state index in [1.807, 2.05) is 19.1 Å². The number of hydrogen-bond donors (Lipinski definition) is 1. The summed E-state index contributed by atoms with van der Waals surface area (Å²) in [5.41, 5.74) is 2.06. The Morgan fingerprint density at radius 1 is 1.12 bits per heavy atom. The van der Waals surface area contributed by atoms with Crippen molar-refractivity contribution in [2.24, 2.45) is 0 Å². The Balaban J connectivity index is 1.81. The number of ketones is 1. The van der Waals surface area contributed by atoms with Crippen LogP contribution in [0, 0.1) is 6.92 Å². The van der Waals surface area contributed by atoms with E-state index in [4.69, 9.17) is 14.2 Å². The van der Waals surface area contributed by atoms with Gasteiger partial charge in [0.15, 0.2) is 0 Å². The lowest BCUT2D eigenvalue weighted by Gasteiger charge is -2.27. The highest BCUT2D eigenvalue weighted by Crippen LogP contribution is 2.40. The number of carbonyl (C=O) groups excluding carboxylic acids is 2. The van der Waals surface area contributed by atoms with Crippen molar-refractivity contribution in [1.29, 1.82) is 0 Å². The van der Waals surface area contributed by atoms with Crippen LogP contribution in [0.2, 0.25) is 0 Å². The molecule has 0 bridgehead atoms. The SMILES string of the molecule is COc1ccc(C2/C(=C(/O)c3ccc(OC)c(C)c3)C(=O)C(=O)N2CC2CCCO2)cc1. The van der Waals surface area contributed by atoms with E-state index in [0.717, 1.165) is 24.0 Å². The molecule has 0 radical (unpaired) electrons. The summed E-state index contributed by atoms with van der Waals surface area (Å²) in [4.78, 5) is 27.7. The van der Waals surface area contributed by atoms with Gasteiger partial charge in [-0.05, 0) is 61.2 Å². The van der Waals surface area contributed by atoms with Gasteiger partial charge in [-0.3, -0.25) is 9.59 Å². The van der Waals surface area contributed by atoms with Gasteiger partial charge in [-0.1, -0.05) is 12.1 Å². The largest absolute Gasteiger partial charge is 0.507 e. The summed E-state index contributed by atoms with van der Waals surface area (Å²) in [6.07, 6.45) is 1.63. The summed E-state index contributed by atoms with van der Waals surface area (Å²) in [7, 11) is 3.15. The highest BCUT2D eigenvalue weighted by atomic mass is 16.5. The van der Waals surface area contributed by atoms with Gasteiger partial charge in [-0.15, -0.1) is 0 Å². The number of aliphatic hydroxyl groups is 1. The third kappa shape index (κ3) is 3.96. The van der Waals surface area contributed by atoms with Crippen molar-refractivity contribution in [3.63, 3.8) is 0 Å². The van der Waals surface area contributed by atoms with Gasteiger partial charge < -0.3 is 24.2 Å². The second kappa shape index (κ2) is 9.04. The van der Waals surface area contributed by atoms with Gasteiger partial charge in [0.05, 0.1) is 31.9 Å². The van der Waals surface area contributed by atoms with Crippen LogP contribution in [0.3, 0.4) is 0 Å².